The summed E-state index contributed by atoms with van der Waals surface area (Å²) in [5, 5.41) is 0. The summed E-state index contributed by atoms with van der Waals surface area (Å²) in [4.78, 5) is 0. The molecule has 0 amide bonds. The van der Waals surface area contributed by atoms with E-state index in [1.165, 1.54) is 0 Å². The standard InChI is InChI=1S/C21H44O5/c1-20(2)10-19-25-16-8-15-23-12-6-11-22-13-7-14-24-17-9-18-26-21(3,4)5/h20H,6-19H2,1-5H3. The molecule has 0 bridgehead atoms. The number of rotatable bonds is 19. The monoisotopic (exact) mass is 376 g/mol. The van der Waals surface area contributed by atoms with Gasteiger partial charge in [-0.1, -0.05) is 13.8 Å². The molecule has 0 rings (SSSR count). The zero-order valence-corrected chi connectivity index (χ0v) is 18.0. The van der Waals surface area contributed by atoms with E-state index in [1.54, 1.807) is 0 Å². The summed E-state index contributed by atoms with van der Waals surface area (Å²) in [7, 11) is 0. The van der Waals surface area contributed by atoms with E-state index in [1.807, 2.05) is 0 Å². The van der Waals surface area contributed by atoms with Crippen LogP contribution in [0.2, 0.25) is 0 Å². The zero-order chi connectivity index (χ0) is 19.5. The molecule has 5 heteroatoms. The van der Waals surface area contributed by atoms with Crippen LogP contribution in [0.5, 0.6) is 0 Å². The smallest absolute Gasteiger partial charge is 0.0598 e. The second-order valence-electron chi connectivity index (χ2n) is 8.01. The second-order valence-corrected chi connectivity index (χ2v) is 8.01. The Balaban J connectivity index is 3.03. The summed E-state index contributed by atoms with van der Waals surface area (Å²) >= 11 is 0. The molecule has 0 aromatic carbocycles. The lowest BCUT2D eigenvalue weighted by Crippen LogP contribution is -2.20. The largest absolute Gasteiger partial charge is 0.381 e. The fraction of sp³-hybridized carbons (Fsp3) is 1.00. The average molecular weight is 377 g/mol. The highest BCUT2D eigenvalue weighted by Crippen LogP contribution is 2.06. The predicted molar refractivity (Wildman–Crippen MR) is 107 cm³/mol. The van der Waals surface area contributed by atoms with Gasteiger partial charge in [0.05, 0.1) is 5.60 Å². The molecular weight excluding hydrogens is 332 g/mol. The minimum absolute atomic E-state index is 0.0568. The van der Waals surface area contributed by atoms with Crippen molar-refractivity contribution in [1.29, 1.82) is 0 Å². The summed E-state index contributed by atoms with van der Waals surface area (Å²) in [5.41, 5.74) is -0.0568. The first-order valence-electron chi connectivity index (χ1n) is 10.4. The van der Waals surface area contributed by atoms with Gasteiger partial charge in [0.15, 0.2) is 0 Å². The Labute approximate surface area is 162 Å². The van der Waals surface area contributed by atoms with Crippen molar-refractivity contribution in [3.8, 4) is 0 Å². The predicted octanol–water partition coefficient (Wildman–Crippen LogP) is 4.47. The quantitative estimate of drug-likeness (QED) is 0.311. The molecule has 0 aliphatic rings. The molecule has 0 spiro atoms. The topological polar surface area (TPSA) is 46.2 Å². The first-order valence-corrected chi connectivity index (χ1v) is 10.4. The first kappa shape index (κ1) is 25.8. The van der Waals surface area contributed by atoms with Gasteiger partial charge >= 0.3 is 0 Å². The van der Waals surface area contributed by atoms with E-state index in [4.69, 9.17) is 23.7 Å². The highest BCUT2D eigenvalue weighted by molar-refractivity contribution is 4.58. The molecule has 0 radical (unpaired) electrons. The second kappa shape index (κ2) is 18.2. The van der Waals surface area contributed by atoms with Crippen LogP contribution in [0.4, 0.5) is 0 Å². The molecule has 0 saturated heterocycles. The molecule has 0 aromatic heterocycles. The van der Waals surface area contributed by atoms with E-state index >= 15 is 0 Å². The lowest BCUT2D eigenvalue weighted by molar-refractivity contribution is -0.0150. The van der Waals surface area contributed by atoms with Gasteiger partial charge in [-0.25, -0.2) is 0 Å². The van der Waals surface area contributed by atoms with Gasteiger partial charge in [-0.05, 0) is 58.8 Å². The maximum absolute atomic E-state index is 5.64. The normalized spacial score (nSPS) is 12.2. The highest BCUT2D eigenvalue weighted by atomic mass is 16.5. The Morgan fingerprint density at radius 2 is 0.885 bits per heavy atom. The van der Waals surface area contributed by atoms with Crippen molar-refractivity contribution in [2.45, 2.75) is 72.3 Å². The third kappa shape index (κ3) is 23.8. The van der Waals surface area contributed by atoms with Crippen LogP contribution in [0, 0.1) is 5.92 Å². The first-order chi connectivity index (χ1) is 12.4. The van der Waals surface area contributed by atoms with Crippen LogP contribution >= 0.6 is 0 Å². The molecule has 0 atom stereocenters. The number of hydrogen-bond acceptors (Lipinski definition) is 5. The third-order valence-electron chi connectivity index (χ3n) is 3.54. The minimum atomic E-state index is -0.0568. The van der Waals surface area contributed by atoms with Crippen molar-refractivity contribution in [3.05, 3.63) is 0 Å². The van der Waals surface area contributed by atoms with Crippen molar-refractivity contribution in [2.24, 2.45) is 5.92 Å². The summed E-state index contributed by atoms with van der Waals surface area (Å²) < 4.78 is 27.9. The van der Waals surface area contributed by atoms with Gasteiger partial charge in [-0.2, -0.15) is 0 Å². The van der Waals surface area contributed by atoms with Crippen LogP contribution in [-0.2, 0) is 23.7 Å². The fourth-order valence-electron chi connectivity index (χ4n) is 2.06. The van der Waals surface area contributed by atoms with Gasteiger partial charge in [0.2, 0.25) is 0 Å². The van der Waals surface area contributed by atoms with Crippen LogP contribution in [-0.4, -0.2) is 65.1 Å². The Hall–Kier alpha value is -0.200. The van der Waals surface area contributed by atoms with Crippen molar-refractivity contribution >= 4 is 0 Å². The van der Waals surface area contributed by atoms with E-state index in [0.717, 1.165) is 91.6 Å². The van der Waals surface area contributed by atoms with E-state index in [2.05, 4.69) is 34.6 Å². The maximum Gasteiger partial charge on any atom is 0.0598 e. The van der Waals surface area contributed by atoms with Gasteiger partial charge in [-0.3, -0.25) is 0 Å². The van der Waals surface area contributed by atoms with E-state index in [9.17, 15) is 0 Å². The molecular formula is C21H44O5. The summed E-state index contributed by atoms with van der Waals surface area (Å²) in [6.07, 6.45) is 4.93. The molecule has 158 valence electrons. The summed E-state index contributed by atoms with van der Waals surface area (Å²) in [6.45, 7) is 17.6. The van der Waals surface area contributed by atoms with E-state index in [0.29, 0.717) is 5.92 Å². The molecule has 0 aromatic rings. The molecule has 5 nitrogen and oxygen atoms in total. The van der Waals surface area contributed by atoms with E-state index in [-0.39, 0.29) is 5.60 Å². The molecule has 0 unspecified atom stereocenters. The number of hydrogen-bond donors (Lipinski definition) is 0. The van der Waals surface area contributed by atoms with Crippen LogP contribution in [0.25, 0.3) is 0 Å². The Morgan fingerprint density at radius 3 is 1.23 bits per heavy atom. The van der Waals surface area contributed by atoms with E-state index < -0.39 is 0 Å². The highest BCUT2D eigenvalue weighted by Gasteiger charge is 2.08. The third-order valence-corrected chi connectivity index (χ3v) is 3.54. The Morgan fingerprint density at radius 1 is 0.538 bits per heavy atom. The van der Waals surface area contributed by atoms with Gasteiger partial charge in [0, 0.05) is 59.5 Å². The minimum Gasteiger partial charge on any atom is -0.381 e. The van der Waals surface area contributed by atoms with Crippen LogP contribution in [0.3, 0.4) is 0 Å². The Kier molecular flexibility index (Phi) is 18.0. The molecule has 0 aliphatic carbocycles. The lowest BCUT2D eigenvalue weighted by Gasteiger charge is -2.19. The molecule has 0 saturated carbocycles. The van der Waals surface area contributed by atoms with Gasteiger partial charge in [0.1, 0.15) is 0 Å². The molecule has 0 N–H and O–H groups in total. The molecule has 0 fully saturated rings. The zero-order valence-electron chi connectivity index (χ0n) is 18.0. The van der Waals surface area contributed by atoms with Crippen molar-refractivity contribution in [2.75, 3.05) is 59.5 Å². The van der Waals surface area contributed by atoms with Crippen LogP contribution in [0.1, 0.15) is 66.7 Å². The van der Waals surface area contributed by atoms with Gasteiger partial charge < -0.3 is 23.7 Å². The van der Waals surface area contributed by atoms with Crippen molar-refractivity contribution < 1.29 is 23.7 Å². The van der Waals surface area contributed by atoms with Crippen LogP contribution < -0.4 is 0 Å². The average Bonchev–Trinajstić information content (AvgIpc) is 2.55. The van der Waals surface area contributed by atoms with Gasteiger partial charge in [0.25, 0.3) is 0 Å². The van der Waals surface area contributed by atoms with Crippen LogP contribution in [0.15, 0.2) is 0 Å². The fourth-order valence-corrected chi connectivity index (χ4v) is 2.06. The summed E-state index contributed by atoms with van der Waals surface area (Å²) in [6, 6.07) is 0. The SMILES string of the molecule is CC(C)CCOCCCOCCCOCCCOCCCOC(C)(C)C. The summed E-state index contributed by atoms with van der Waals surface area (Å²) in [5.74, 6) is 0.714. The number of ether oxygens (including phenoxy) is 5. The molecule has 0 aliphatic heterocycles. The lowest BCUT2D eigenvalue weighted by atomic mass is 10.1. The Bertz CT molecular complexity index is 276. The van der Waals surface area contributed by atoms with Crippen molar-refractivity contribution in [1.82, 2.24) is 0 Å². The van der Waals surface area contributed by atoms with Gasteiger partial charge in [-0.15, -0.1) is 0 Å². The molecule has 0 heterocycles. The van der Waals surface area contributed by atoms with Crippen molar-refractivity contribution in [3.63, 3.8) is 0 Å². The molecule has 26 heavy (non-hydrogen) atoms. The maximum atomic E-state index is 5.64.